The summed E-state index contributed by atoms with van der Waals surface area (Å²) < 4.78 is 5.61. The van der Waals surface area contributed by atoms with Gasteiger partial charge in [0.1, 0.15) is 5.75 Å². The maximum atomic E-state index is 10.4. The average Bonchev–Trinajstić information content (AvgIpc) is 2.18. The molecule has 0 aliphatic heterocycles. The molecule has 68 valence electrons. The van der Waals surface area contributed by atoms with Gasteiger partial charge < -0.3 is 4.74 Å². The highest BCUT2D eigenvalue weighted by molar-refractivity contribution is 9.12. The van der Waals surface area contributed by atoms with E-state index in [9.17, 15) is 4.79 Å². The lowest BCUT2D eigenvalue weighted by molar-refractivity contribution is -0.104. The predicted octanol–water partition coefficient (Wildman–Crippen LogP) is 2.63. The summed E-state index contributed by atoms with van der Waals surface area (Å²) in [5.74, 6) is 0.751. The standard InChI is InChI=1S/C10H9BrO2/c1-13-10-5-3-2-4-8(10)6-9(11)7-12/h2-7H,1H3/b9-6-. The van der Waals surface area contributed by atoms with Gasteiger partial charge in [-0.25, -0.2) is 0 Å². The fourth-order valence-corrected chi connectivity index (χ4v) is 1.21. The van der Waals surface area contributed by atoms with E-state index in [2.05, 4.69) is 15.9 Å². The van der Waals surface area contributed by atoms with Crippen molar-refractivity contribution in [2.45, 2.75) is 0 Å². The zero-order valence-electron chi connectivity index (χ0n) is 7.16. The molecule has 13 heavy (non-hydrogen) atoms. The van der Waals surface area contributed by atoms with Crippen LogP contribution in [0.1, 0.15) is 5.56 Å². The summed E-state index contributed by atoms with van der Waals surface area (Å²) in [6, 6.07) is 7.49. The van der Waals surface area contributed by atoms with Crippen LogP contribution in [0.25, 0.3) is 6.08 Å². The Morgan fingerprint density at radius 2 is 2.15 bits per heavy atom. The number of rotatable bonds is 3. The van der Waals surface area contributed by atoms with E-state index in [1.54, 1.807) is 13.2 Å². The number of hydrogen-bond acceptors (Lipinski definition) is 2. The number of hydrogen-bond donors (Lipinski definition) is 0. The van der Waals surface area contributed by atoms with E-state index in [4.69, 9.17) is 4.74 Å². The lowest BCUT2D eigenvalue weighted by atomic mass is 10.2. The second-order valence-corrected chi connectivity index (χ2v) is 3.30. The molecule has 0 unspecified atom stereocenters. The summed E-state index contributed by atoms with van der Waals surface area (Å²) in [4.78, 5) is 10.4. The van der Waals surface area contributed by atoms with Gasteiger partial charge in [0.15, 0.2) is 6.29 Å². The van der Waals surface area contributed by atoms with Gasteiger partial charge in [0, 0.05) is 5.56 Å². The number of carbonyl (C=O) groups excluding carboxylic acids is 1. The van der Waals surface area contributed by atoms with E-state index in [1.165, 1.54) is 0 Å². The van der Waals surface area contributed by atoms with Crippen molar-refractivity contribution in [3.05, 3.63) is 34.3 Å². The van der Waals surface area contributed by atoms with E-state index < -0.39 is 0 Å². The topological polar surface area (TPSA) is 26.3 Å². The fraction of sp³-hybridized carbons (Fsp3) is 0.100. The molecule has 0 N–H and O–H groups in total. The van der Waals surface area contributed by atoms with Crippen LogP contribution in [0.4, 0.5) is 0 Å². The van der Waals surface area contributed by atoms with Crippen LogP contribution in [0.3, 0.4) is 0 Å². The van der Waals surface area contributed by atoms with E-state index in [0.717, 1.165) is 17.6 Å². The number of ether oxygens (including phenoxy) is 1. The monoisotopic (exact) mass is 240 g/mol. The largest absolute Gasteiger partial charge is 0.496 e. The second kappa shape index (κ2) is 4.82. The van der Waals surface area contributed by atoms with Crippen LogP contribution >= 0.6 is 15.9 Å². The van der Waals surface area contributed by atoms with Crippen molar-refractivity contribution < 1.29 is 9.53 Å². The molecule has 0 spiro atoms. The van der Waals surface area contributed by atoms with Gasteiger partial charge in [-0.15, -0.1) is 0 Å². The van der Waals surface area contributed by atoms with Crippen LogP contribution in [0, 0.1) is 0 Å². The summed E-state index contributed by atoms with van der Waals surface area (Å²) in [7, 11) is 1.60. The Hall–Kier alpha value is -1.09. The van der Waals surface area contributed by atoms with Crippen molar-refractivity contribution in [3.8, 4) is 5.75 Å². The SMILES string of the molecule is COc1ccccc1/C=C(\Br)C=O. The number of benzene rings is 1. The minimum Gasteiger partial charge on any atom is -0.496 e. The number of methoxy groups -OCH3 is 1. The van der Waals surface area contributed by atoms with Gasteiger partial charge in [0.25, 0.3) is 0 Å². The van der Waals surface area contributed by atoms with Crippen molar-refractivity contribution in [1.82, 2.24) is 0 Å². The lowest BCUT2D eigenvalue weighted by Gasteiger charge is -2.02. The van der Waals surface area contributed by atoms with Crippen LogP contribution in [0.2, 0.25) is 0 Å². The molecule has 0 atom stereocenters. The third-order valence-corrected chi connectivity index (χ3v) is 1.96. The van der Waals surface area contributed by atoms with Crippen LogP contribution < -0.4 is 4.74 Å². The van der Waals surface area contributed by atoms with Gasteiger partial charge in [-0.05, 0) is 28.1 Å². The maximum Gasteiger partial charge on any atom is 0.157 e. The highest BCUT2D eigenvalue weighted by Gasteiger charge is 1.98. The summed E-state index contributed by atoms with van der Waals surface area (Å²) in [5, 5.41) is 0. The van der Waals surface area contributed by atoms with Gasteiger partial charge in [0.2, 0.25) is 0 Å². The third kappa shape index (κ3) is 2.70. The van der Waals surface area contributed by atoms with Crippen LogP contribution in [-0.4, -0.2) is 13.4 Å². The highest BCUT2D eigenvalue weighted by Crippen LogP contribution is 2.21. The van der Waals surface area contributed by atoms with Crippen molar-refractivity contribution in [2.75, 3.05) is 7.11 Å². The number of halogens is 1. The molecular weight excluding hydrogens is 232 g/mol. The van der Waals surface area contributed by atoms with Crippen LogP contribution in [0.5, 0.6) is 5.75 Å². The summed E-state index contributed by atoms with van der Waals surface area (Å²) in [6.45, 7) is 0. The van der Waals surface area contributed by atoms with Crippen molar-refractivity contribution in [2.24, 2.45) is 0 Å². The Morgan fingerprint density at radius 3 is 2.77 bits per heavy atom. The smallest absolute Gasteiger partial charge is 0.157 e. The number of aldehydes is 1. The van der Waals surface area contributed by atoms with Gasteiger partial charge in [-0.3, -0.25) is 4.79 Å². The van der Waals surface area contributed by atoms with Crippen molar-refractivity contribution in [3.63, 3.8) is 0 Å². The van der Waals surface area contributed by atoms with Crippen LogP contribution in [0.15, 0.2) is 28.7 Å². The molecule has 0 amide bonds. The molecule has 0 fully saturated rings. The van der Waals surface area contributed by atoms with E-state index in [0.29, 0.717) is 4.48 Å². The minimum absolute atomic E-state index is 0.497. The molecule has 2 nitrogen and oxygen atoms in total. The Labute approximate surface area is 85.3 Å². The van der Waals surface area contributed by atoms with E-state index in [1.807, 2.05) is 24.3 Å². The summed E-state index contributed by atoms with van der Waals surface area (Å²) in [5.41, 5.74) is 0.879. The fourth-order valence-electron chi connectivity index (χ4n) is 0.968. The Morgan fingerprint density at radius 1 is 1.46 bits per heavy atom. The first-order valence-corrected chi connectivity index (χ1v) is 4.52. The highest BCUT2D eigenvalue weighted by atomic mass is 79.9. The second-order valence-electron chi connectivity index (χ2n) is 2.39. The van der Waals surface area contributed by atoms with E-state index >= 15 is 0 Å². The first-order valence-electron chi connectivity index (χ1n) is 3.73. The third-order valence-electron chi connectivity index (χ3n) is 1.54. The Kier molecular flexibility index (Phi) is 3.71. The number of carbonyl (C=O) groups is 1. The lowest BCUT2D eigenvalue weighted by Crippen LogP contribution is -1.86. The quantitative estimate of drug-likeness (QED) is 0.600. The van der Waals surface area contributed by atoms with Gasteiger partial charge in [-0.2, -0.15) is 0 Å². The number of para-hydroxylation sites is 1. The van der Waals surface area contributed by atoms with Gasteiger partial charge in [0.05, 0.1) is 11.6 Å². The van der Waals surface area contributed by atoms with Crippen molar-refractivity contribution >= 4 is 28.3 Å². The molecule has 1 aromatic carbocycles. The molecule has 0 aliphatic rings. The predicted molar refractivity (Wildman–Crippen MR) is 56.0 cm³/mol. The maximum absolute atomic E-state index is 10.4. The normalized spacial score (nSPS) is 11.1. The first kappa shape index (κ1) is 9.99. The van der Waals surface area contributed by atoms with Crippen molar-refractivity contribution in [1.29, 1.82) is 0 Å². The molecule has 1 aromatic rings. The number of allylic oxidation sites excluding steroid dienone is 1. The zero-order valence-corrected chi connectivity index (χ0v) is 8.74. The molecule has 0 aliphatic carbocycles. The molecule has 0 heterocycles. The molecule has 0 saturated carbocycles. The van der Waals surface area contributed by atoms with E-state index in [-0.39, 0.29) is 0 Å². The average molecular weight is 241 g/mol. The van der Waals surface area contributed by atoms with Crippen LogP contribution in [-0.2, 0) is 4.79 Å². The molecule has 0 bridgehead atoms. The zero-order chi connectivity index (χ0) is 9.68. The van der Waals surface area contributed by atoms with Gasteiger partial charge >= 0.3 is 0 Å². The molecule has 1 rings (SSSR count). The summed E-state index contributed by atoms with van der Waals surface area (Å²) >= 11 is 3.11. The molecule has 3 heteroatoms. The van der Waals surface area contributed by atoms with Gasteiger partial charge in [-0.1, -0.05) is 18.2 Å². The Balaban J connectivity index is 3.06. The Bertz CT molecular complexity index is 331. The molecule has 0 saturated heterocycles. The summed E-state index contributed by atoms with van der Waals surface area (Å²) in [6.07, 6.45) is 2.46. The molecule has 0 radical (unpaired) electrons. The first-order chi connectivity index (χ1) is 6.27. The molecule has 0 aromatic heterocycles. The molecular formula is C10H9BrO2. The minimum atomic E-state index is 0.497.